The number of hydrogen-bond donors (Lipinski definition) is 2. The third kappa shape index (κ3) is 5.80. The zero-order valence-electron chi connectivity index (χ0n) is 17.4. The Hall–Kier alpha value is -2.87. The number of ether oxygens (including phenoxy) is 1. The molecule has 0 amide bonds. The van der Waals surface area contributed by atoms with Crippen LogP contribution in [0.15, 0.2) is 41.5 Å². The van der Waals surface area contributed by atoms with Crippen molar-refractivity contribution in [2.75, 3.05) is 20.2 Å². The Kier molecular flexibility index (Phi) is 7.24. The summed E-state index contributed by atoms with van der Waals surface area (Å²) in [6.45, 7) is 8.33. The molecule has 2 N–H and O–H groups in total. The highest BCUT2D eigenvalue weighted by Gasteiger charge is 2.05. The number of aromatic nitrogens is 3. The number of thiazole rings is 1. The van der Waals surface area contributed by atoms with E-state index in [2.05, 4.69) is 46.5 Å². The van der Waals surface area contributed by atoms with Crippen LogP contribution in [0.25, 0.3) is 5.69 Å². The van der Waals surface area contributed by atoms with Crippen molar-refractivity contribution in [1.29, 1.82) is 0 Å². The van der Waals surface area contributed by atoms with E-state index in [0.29, 0.717) is 6.54 Å². The Morgan fingerprint density at radius 3 is 2.62 bits per heavy atom. The first-order chi connectivity index (χ1) is 14.1. The molecule has 2 aromatic heterocycles. The summed E-state index contributed by atoms with van der Waals surface area (Å²) in [7, 11) is 1.66. The van der Waals surface area contributed by atoms with Gasteiger partial charge < -0.3 is 15.4 Å². The molecule has 29 heavy (non-hydrogen) atoms. The van der Waals surface area contributed by atoms with Gasteiger partial charge in [-0.2, -0.15) is 5.10 Å². The summed E-state index contributed by atoms with van der Waals surface area (Å²) in [5.74, 6) is 1.62. The van der Waals surface area contributed by atoms with Gasteiger partial charge in [-0.05, 0) is 51.1 Å². The van der Waals surface area contributed by atoms with E-state index >= 15 is 0 Å². The van der Waals surface area contributed by atoms with Gasteiger partial charge >= 0.3 is 0 Å². The summed E-state index contributed by atoms with van der Waals surface area (Å²) in [6.07, 6.45) is 2.83. The van der Waals surface area contributed by atoms with Crippen LogP contribution in [0.2, 0.25) is 0 Å². The van der Waals surface area contributed by atoms with Crippen LogP contribution in [0.4, 0.5) is 0 Å². The molecule has 154 valence electrons. The first-order valence-corrected chi connectivity index (χ1v) is 10.5. The maximum Gasteiger partial charge on any atom is 0.191 e. The van der Waals surface area contributed by atoms with Crippen molar-refractivity contribution in [3.8, 4) is 11.4 Å². The maximum absolute atomic E-state index is 5.20. The van der Waals surface area contributed by atoms with Crippen LogP contribution in [-0.2, 0) is 13.0 Å². The predicted octanol–water partition coefficient (Wildman–Crippen LogP) is 3.25. The molecule has 0 bridgehead atoms. The van der Waals surface area contributed by atoms with Crippen molar-refractivity contribution in [3.05, 3.63) is 57.8 Å². The number of nitrogens with zero attached hydrogens (tertiary/aromatic N) is 4. The molecule has 8 heteroatoms. The van der Waals surface area contributed by atoms with E-state index in [4.69, 9.17) is 4.74 Å². The molecule has 3 aromatic rings. The fraction of sp³-hybridized carbons (Fsp3) is 0.381. The van der Waals surface area contributed by atoms with E-state index in [9.17, 15) is 0 Å². The van der Waals surface area contributed by atoms with E-state index in [-0.39, 0.29) is 0 Å². The van der Waals surface area contributed by atoms with Crippen molar-refractivity contribution in [2.45, 2.75) is 33.7 Å². The number of aryl methyl sites for hydroxylation is 2. The number of aliphatic imine (C=N–C) groups is 1. The molecular formula is C21H28N6OS. The van der Waals surface area contributed by atoms with Crippen LogP contribution in [0.1, 0.15) is 28.2 Å². The van der Waals surface area contributed by atoms with Crippen molar-refractivity contribution in [1.82, 2.24) is 25.4 Å². The number of benzene rings is 1. The zero-order valence-corrected chi connectivity index (χ0v) is 18.2. The first-order valence-electron chi connectivity index (χ1n) is 9.73. The largest absolute Gasteiger partial charge is 0.497 e. The maximum atomic E-state index is 5.20. The second-order valence-corrected chi connectivity index (χ2v) is 7.86. The molecule has 0 atom stereocenters. The number of nitrogens with one attached hydrogen (secondary N) is 2. The minimum atomic E-state index is 0.508. The summed E-state index contributed by atoms with van der Waals surface area (Å²) in [5, 5.41) is 12.4. The second-order valence-electron chi connectivity index (χ2n) is 6.57. The number of rotatable bonds is 8. The van der Waals surface area contributed by atoms with Crippen molar-refractivity contribution in [3.63, 3.8) is 0 Å². The molecule has 0 aliphatic carbocycles. The Bertz CT molecular complexity index is 925. The summed E-state index contributed by atoms with van der Waals surface area (Å²) in [4.78, 5) is 10.5. The van der Waals surface area contributed by atoms with Gasteiger partial charge in [0.15, 0.2) is 5.96 Å². The van der Waals surface area contributed by atoms with Crippen molar-refractivity contribution in [2.24, 2.45) is 4.99 Å². The summed E-state index contributed by atoms with van der Waals surface area (Å²) in [6, 6.07) is 9.79. The van der Waals surface area contributed by atoms with Crippen LogP contribution in [0.5, 0.6) is 5.75 Å². The Labute approximate surface area is 175 Å². The lowest BCUT2D eigenvalue weighted by atomic mass is 10.3. The molecule has 1 aromatic carbocycles. The fourth-order valence-corrected chi connectivity index (χ4v) is 3.69. The highest BCUT2D eigenvalue weighted by Crippen LogP contribution is 2.16. The molecule has 0 radical (unpaired) electrons. The van der Waals surface area contributed by atoms with Gasteiger partial charge in [0.25, 0.3) is 0 Å². The van der Waals surface area contributed by atoms with E-state index < -0.39 is 0 Å². The predicted molar refractivity (Wildman–Crippen MR) is 118 cm³/mol. The van der Waals surface area contributed by atoms with E-state index in [0.717, 1.165) is 53.3 Å². The third-order valence-corrected chi connectivity index (χ3v) is 5.56. The third-order valence-electron chi connectivity index (χ3n) is 4.43. The summed E-state index contributed by atoms with van der Waals surface area (Å²) >= 11 is 1.76. The molecule has 0 fully saturated rings. The lowest BCUT2D eigenvalue weighted by Crippen LogP contribution is -2.38. The number of hydrogen-bond acceptors (Lipinski definition) is 5. The first kappa shape index (κ1) is 20.9. The van der Waals surface area contributed by atoms with Crippen molar-refractivity contribution < 1.29 is 4.74 Å². The second kappa shape index (κ2) is 10.1. The topological polar surface area (TPSA) is 76.4 Å². The highest BCUT2D eigenvalue weighted by atomic mass is 32.1. The molecular weight excluding hydrogens is 384 g/mol. The highest BCUT2D eigenvalue weighted by molar-refractivity contribution is 7.11. The summed E-state index contributed by atoms with van der Waals surface area (Å²) in [5.41, 5.74) is 3.02. The minimum absolute atomic E-state index is 0.508. The monoisotopic (exact) mass is 412 g/mol. The Balaban J connectivity index is 1.57. The van der Waals surface area contributed by atoms with Gasteiger partial charge in [-0.25, -0.2) is 14.7 Å². The van der Waals surface area contributed by atoms with Crippen LogP contribution in [0, 0.1) is 13.8 Å². The quantitative estimate of drug-likeness (QED) is 0.439. The lowest BCUT2D eigenvalue weighted by molar-refractivity contribution is 0.414. The molecule has 7 nitrogen and oxygen atoms in total. The standard InChI is InChI=1S/C21H28N6OS/c1-5-22-21(23-12-10-20-25-15(2)16(3)29-20)24-14-17-11-13-27(26-17)18-6-8-19(28-4)9-7-18/h6-9,11,13H,5,10,12,14H2,1-4H3,(H2,22,23,24). The molecule has 0 aliphatic rings. The number of guanidine groups is 1. The molecule has 2 heterocycles. The van der Waals surface area contributed by atoms with Gasteiger partial charge in [0.1, 0.15) is 5.75 Å². The SMILES string of the molecule is CCNC(=NCc1ccn(-c2ccc(OC)cc2)n1)NCCc1nc(C)c(C)s1. The Morgan fingerprint density at radius 1 is 1.17 bits per heavy atom. The summed E-state index contributed by atoms with van der Waals surface area (Å²) < 4.78 is 7.05. The van der Waals surface area contributed by atoms with Gasteiger partial charge in [0.05, 0.1) is 35.7 Å². The normalized spacial score (nSPS) is 11.5. The van der Waals surface area contributed by atoms with Gasteiger partial charge in [-0.3, -0.25) is 0 Å². The van der Waals surface area contributed by atoms with E-state index in [1.165, 1.54) is 4.88 Å². The van der Waals surface area contributed by atoms with Crippen LogP contribution >= 0.6 is 11.3 Å². The van der Waals surface area contributed by atoms with Gasteiger partial charge in [0, 0.05) is 30.6 Å². The smallest absolute Gasteiger partial charge is 0.191 e. The van der Waals surface area contributed by atoms with E-state index in [1.54, 1.807) is 18.4 Å². The zero-order chi connectivity index (χ0) is 20.6. The van der Waals surface area contributed by atoms with Crippen LogP contribution in [0.3, 0.4) is 0 Å². The van der Waals surface area contributed by atoms with Crippen LogP contribution < -0.4 is 15.4 Å². The average Bonchev–Trinajstić information content (AvgIpc) is 3.33. The van der Waals surface area contributed by atoms with Crippen LogP contribution in [-0.4, -0.2) is 40.9 Å². The number of methoxy groups -OCH3 is 1. The van der Waals surface area contributed by atoms with Gasteiger partial charge in [-0.1, -0.05) is 0 Å². The molecule has 0 saturated heterocycles. The molecule has 3 rings (SSSR count). The van der Waals surface area contributed by atoms with Gasteiger partial charge in [-0.15, -0.1) is 11.3 Å². The van der Waals surface area contributed by atoms with Crippen molar-refractivity contribution >= 4 is 17.3 Å². The Morgan fingerprint density at radius 2 is 1.97 bits per heavy atom. The minimum Gasteiger partial charge on any atom is -0.497 e. The van der Waals surface area contributed by atoms with E-state index in [1.807, 2.05) is 41.2 Å². The molecule has 0 aliphatic heterocycles. The molecule has 0 saturated carbocycles. The average molecular weight is 413 g/mol. The lowest BCUT2D eigenvalue weighted by Gasteiger charge is -2.10. The molecule has 0 spiro atoms. The molecule has 0 unspecified atom stereocenters. The fourth-order valence-electron chi connectivity index (χ4n) is 2.76. The van der Waals surface area contributed by atoms with Gasteiger partial charge in [0.2, 0.25) is 0 Å².